The van der Waals surface area contributed by atoms with Crippen molar-refractivity contribution in [1.82, 2.24) is 4.31 Å². The lowest BCUT2D eigenvalue weighted by Gasteiger charge is -2.32. The minimum Gasteiger partial charge on any atom is -0.259 e. The first-order valence-electron chi connectivity index (χ1n) is 9.43. The van der Waals surface area contributed by atoms with E-state index in [2.05, 4.69) is 0 Å². The van der Waals surface area contributed by atoms with Gasteiger partial charge in [0, 0.05) is 17.1 Å². The Morgan fingerprint density at radius 3 is 2.24 bits per heavy atom. The summed E-state index contributed by atoms with van der Waals surface area (Å²) in [6, 6.07) is 23.8. The maximum absolute atomic E-state index is 13.4. The molecule has 148 valence electrons. The third-order valence-corrected chi connectivity index (χ3v) is 7.07. The average molecular weight is 425 g/mol. The van der Waals surface area contributed by atoms with Crippen LogP contribution >= 0.6 is 11.6 Å². The third-order valence-electron chi connectivity index (χ3n) is 5.02. The molecule has 0 amide bonds. The van der Waals surface area contributed by atoms with Gasteiger partial charge in [0.05, 0.1) is 10.9 Å². The number of amidine groups is 1. The Morgan fingerprint density at radius 2 is 1.59 bits per heavy atom. The van der Waals surface area contributed by atoms with Gasteiger partial charge in [0.1, 0.15) is 5.84 Å². The van der Waals surface area contributed by atoms with Crippen LogP contribution in [0.1, 0.15) is 29.2 Å². The Labute approximate surface area is 176 Å². The van der Waals surface area contributed by atoms with Gasteiger partial charge in [-0.2, -0.15) is 0 Å². The smallest absolute Gasteiger partial charge is 0.259 e. The molecule has 0 aliphatic carbocycles. The van der Waals surface area contributed by atoms with Crippen LogP contribution in [0.5, 0.6) is 0 Å². The van der Waals surface area contributed by atoms with Crippen molar-refractivity contribution in [3.63, 3.8) is 0 Å². The lowest BCUT2D eigenvalue weighted by molar-refractivity contribution is 0.466. The van der Waals surface area contributed by atoms with Crippen molar-refractivity contribution in [3.8, 4) is 0 Å². The molecule has 0 bridgehead atoms. The zero-order valence-electron chi connectivity index (χ0n) is 16.0. The lowest BCUT2D eigenvalue weighted by atomic mass is 10.0. The first-order valence-corrected chi connectivity index (χ1v) is 11.2. The number of aryl methyl sites for hydroxylation is 1. The summed E-state index contributed by atoms with van der Waals surface area (Å²) < 4.78 is 28.2. The van der Waals surface area contributed by atoms with E-state index in [-0.39, 0.29) is 10.9 Å². The summed E-state index contributed by atoms with van der Waals surface area (Å²) in [6.07, 6.45) is 0.600. The minimum absolute atomic E-state index is 0.119. The Morgan fingerprint density at radius 1 is 0.931 bits per heavy atom. The van der Waals surface area contributed by atoms with E-state index in [0.717, 1.165) is 16.7 Å². The van der Waals surface area contributed by atoms with Crippen molar-refractivity contribution in [3.05, 3.63) is 101 Å². The molecular formula is C23H21ClN2O2S. The van der Waals surface area contributed by atoms with Crippen LogP contribution in [-0.2, 0) is 10.0 Å². The van der Waals surface area contributed by atoms with Crippen molar-refractivity contribution in [2.75, 3.05) is 6.54 Å². The number of aliphatic imine (C=N–C) groups is 1. The number of hydrogen-bond acceptors (Lipinski definition) is 3. The molecule has 1 aliphatic heterocycles. The number of rotatable bonds is 4. The summed E-state index contributed by atoms with van der Waals surface area (Å²) in [7, 11) is -3.71. The molecule has 1 heterocycles. The number of nitrogens with zero attached hydrogens (tertiary/aromatic N) is 2. The van der Waals surface area contributed by atoms with E-state index in [0.29, 0.717) is 23.8 Å². The van der Waals surface area contributed by atoms with Gasteiger partial charge in [-0.3, -0.25) is 4.99 Å². The standard InChI is InChI=1S/C23H21ClN2O2S/c1-17-7-13-21(14-8-17)29(27,28)26-16-15-22(18-9-11-20(24)12-10-18)25-23(26)19-5-3-2-4-6-19/h2-14,22H,15-16H2,1H3. The van der Waals surface area contributed by atoms with E-state index < -0.39 is 10.0 Å². The second kappa shape index (κ2) is 8.01. The topological polar surface area (TPSA) is 49.7 Å². The summed E-state index contributed by atoms with van der Waals surface area (Å²) in [5.41, 5.74) is 2.82. The van der Waals surface area contributed by atoms with Gasteiger partial charge in [-0.05, 0) is 43.2 Å². The molecule has 0 aromatic heterocycles. The van der Waals surface area contributed by atoms with E-state index >= 15 is 0 Å². The molecule has 0 spiro atoms. The van der Waals surface area contributed by atoms with Crippen molar-refractivity contribution < 1.29 is 8.42 Å². The van der Waals surface area contributed by atoms with Crippen LogP contribution in [0.3, 0.4) is 0 Å². The normalized spacial score (nSPS) is 17.1. The van der Waals surface area contributed by atoms with Crippen LogP contribution in [0.2, 0.25) is 5.02 Å². The fourth-order valence-corrected chi connectivity index (χ4v) is 5.01. The molecule has 3 aromatic rings. The van der Waals surface area contributed by atoms with E-state index in [1.165, 1.54) is 4.31 Å². The second-order valence-electron chi connectivity index (χ2n) is 7.06. The Kier molecular flexibility index (Phi) is 5.43. The van der Waals surface area contributed by atoms with Gasteiger partial charge >= 0.3 is 0 Å². The molecule has 0 fully saturated rings. The Balaban J connectivity index is 1.78. The maximum Gasteiger partial charge on any atom is 0.265 e. The van der Waals surface area contributed by atoms with Crippen molar-refractivity contribution in [2.45, 2.75) is 24.3 Å². The fraction of sp³-hybridized carbons (Fsp3) is 0.174. The lowest BCUT2D eigenvalue weighted by Crippen LogP contribution is -2.41. The highest BCUT2D eigenvalue weighted by molar-refractivity contribution is 7.89. The van der Waals surface area contributed by atoms with E-state index in [1.54, 1.807) is 12.1 Å². The van der Waals surface area contributed by atoms with Crippen molar-refractivity contribution in [2.24, 2.45) is 4.99 Å². The largest absolute Gasteiger partial charge is 0.265 e. The van der Waals surface area contributed by atoms with E-state index in [9.17, 15) is 8.42 Å². The highest BCUT2D eigenvalue weighted by Gasteiger charge is 2.33. The molecular weight excluding hydrogens is 404 g/mol. The van der Waals surface area contributed by atoms with Gasteiger partial charge in [-0.1, -0.05) is 71.8 Å². The zero-order valence-corrected chi connectivity index (χ0v) is 17.6. The average Bonchev–Trinajstić information content (AvgIpc) is 2.75. The molecule has 1 atom stereocenters. The molecule has 0 saturated carbocycles. The minimum atomic E-state index is -3.71. The SMILES string of the molecule is Cc1ccc(S(=O)(=O)N2CCC(c3ccc(Cl)cc3)N=C2c2ccccc2)cc1. The summed E-state index contributed by atoms with van der Waals surface area (Å²) in [6.45, 7) is 2.29. The third kappa shape index (κ3) is 4.07. The van der Waals surface area contributed by atoms with Crippen LogP contribution in [0, 0.1) is 6.92 Å². The van der Waals surface area contributed by atoms with Crippen molar-refractivity contribution in [1.29, 1.82) is 0 Å². The molecule has 4 nitrogen and oxygen atoms in total. The van der Waals surface area contributed by atoms with Gasteiger partial charge in [0.15, 0.2) is 0 Å². The van der Waals surface area contributed by atoms with Crippen LogP contribution in [0.15, 0.2) is 88.8 Å². The van der Waals surface area contributed by atoms with Crippen LogP contribution in [0.4, 0.5) is 0 Å². The summed E-state index contributed by atoms with van der Waals surface area (Å²) >= 11 is 6.01. The maximum atomic E-state index is 13.4. The quantitative estimate of drug-likeness (QED) is 0.575. The molecule has 0 N–H and O–H groups in total. The number of sulfonamides is 1. The number of hydrogen-bond donors (Lipinski definition) is 0. The van der Waals surface area contributed by atoms with Gasteiger partial charge < -0.3 is 0 Å². The molecule has 1 unspecified atom stereocenters. The zero-order chi connectivity index (χ0) is 20.4. The summed E-state index contributed by atoms with van der Waals surface area (Å²) in [4.78, 5) is 5.14. The molecule has 3 aromatic carbocycles. The van der Waals surface area contributed by atoms with E-state index in [1.807, 2.05) is 73.7 Å². The Hall–Kier alpha value is -2.63. The predicted octanol–water partition coefficient (Wildman–Crippen LogP) is 5.23. The molecule has 0 radical (unpaired) electrons. The molecule has 4 rings (SSSR count). The fourth-order valence-electron chi connectivity index (χ4n) is 3.43. The summed E-state index contributed by atoms with van der Waals surface area (Å²) in [5.74, 6) is 0.470. The molecule has 6 heteroatoms. The van der Waals surface area contributed by atoms with E-state index in [4.69, 9.17) is 16.6 Å². The molecule has 29 heavy (non-hydrogen) atoms. The first-order chi connectivity index (χ1) is 13.9. The number of halogens is 1. The van der Waals surface area contributed by atoms with Crippen molar-refractivity contribution >= 4 is 27.5 Å². The van der Waals surface area contributed by atoms with Crippen LogP contribution in [0.25, 0.3) is 0 Å². The van der Waals surface area contributed by atoms with Gasteiger partial charge in [-0.25, -0.2) is 12.7 Å². The second-order valence-corrected chi connectivity index (χ2v) is 9.36. The monoisotopic (exact) mass is 424 g/mol. The molecule has 0 saturated heterocycles. The number of benzene rings is 3. The summed E-state index contributed by atoms with van der Waals surface area (Å²) in [5, 5.41) is 0.667. The highest BCUT2D eigenvalue weighted by Crippen LogP contribution is 2.31. The Bertz CT molecular complexity index is 1130. The predicted molar refractivity (Wildman–Crippen MR) is 117 cm³/mol. The van der Waals surface area contributed by atoms with Gasteiger partial charge in [0.2, 0.25) is 0 Å². The highest BCUT2D eigenvalue weighted by atomic mass is 35.5. The van der Waals surface area contributed by atoms with Gasteiger partial charge in [0.25, 0.3) is 10.0 Å². The van der Waals surface area contributed by atoms with Crippen LogP contribution < -0.4 is 0 Å². The van der Waals surface area contributed by atoms with Gasteiger partial charge in [-0.15, -0.1) is 0 Å². The molecule has 1 aliphatic rings. The van der Waals surface area contributed by atoms with Crippen LogP contribution in [-0.4, -0.2) is 25.1 Å². The first kappa shape index (κ1) is 19.7.